The van der Waals surface area contributed by atoms with Crippen molar-refractivity contribution in [1.29, 1.82) is 0 Å². The first-order valence-corrected chi connectivity index (χ1v) is 6.33. The minimum absolute atomic E-state index is 0.0412. The fourth-order valence-electron chi connectivity index (χ4n) is 2.16. The van der Waals surface area contributed by atoms with Gasteiger partial charge in [-0.05, 0) is 5.56 Å². The molecule has 1 fully saturated rings. The lowest BCUT2D eigenvalue weighted by atomic mass is 10.1. The van der Waals surface area contributed by atoms with Crippen LogP contribution in [0, 0.1) is 0 Å². The Hall–Kier alpha value is -1.88. The van der Waals surface area contributed by atoms with E-state index in [1.165, 1.54) is 7.11 Å². The van der Waals surface area contributed by atoms with Crippen molar-refractivity contribution in [2.24, 2.45) is 0 Å². The zero-order valence-electron chi connectivity index (χ0n) is 11.0. The molecule has 0 radical (unpaired) electrons. The van der Waals surface area contributed by atoms with E-state index in [9.17, 15) is 9.59 Å². The van der Waals surface area contributed by atoms with Crippen molar-refractivity contribution in [1.82, 2.24) is 10.2 Å². The van der Waals surface area contributed by atoms with E-state index >= 15 is 0 Å². The first kappa shape index (κ1) is 13.5. The maximum atomic E-state index is 12.2. The van der Waals surface area contributed by atoms with Crippen LogP contribution < -0.4 is 5.32 Å². The van der Waals surface area contributed by atoms with Crippen LogP contribution >= 0.6 is 0 Å². The molecular weight excluding hydrogens is 244 g/mol. The van der Waals surface area contributed by atoms with Gasteiger partial charge in [-0.3, -0.25) is 9.59 Å². The standard InChI is InChI=1S/C14H18N2O3/c1-19-13(17)9-12-14(18)16(8-7-15-12)10-11-5-3-2-4-6-11/h2-6,12,15H,7-10H2,1H3/t12-/m1/s1. The molecule has 0 aromatic heterocycles. The van der Waals surface area contributed by atoms with Crippen LogP contribution in [0.3, 0.4) is 0 Å². The van der Waals surface area contributed by atoms with Gasteiger partial charge in [0.05, 0.1) is 19.6 Å². The van der Waals surface area contributed by atoms with Gasteiger partial charge in [-0.25, -0.2) is 0 Å². The number of nitrogens with zero attached hydrogens (tertiary/aromatic N) is 1. The van der Waals surface area contributed by atoms with Gasteiger partial charge in [0.2, 0.25) is 5.91 Å². The van der Waals surface area contributed by atoms with Gasteiger partial charge in [0.15, 0.2) is 0 Å². The minimum atomic E-state index is -0.468. The fraction of sp³-hybridized carbons (Fsp3) is 0.429. The summed E-state index contributed by atoms with van der Waals surface area (Å²) in [5, 5.41) is 3.06. The van der Waals surface area contributed by atoms with Crippen LogP contribution in [-0.4, -0.2) is 43.0 Å². The molecule has 5 heteroatoms. The second kappa shape index (κ2) is 6.33. The summed E-state index contributed by atoms with van der Waals surface area (Å²) in [7, 11) is 1.33. The molecule has 102 valence electrons. The van der Waals surface area contributed by atoms with Crippen molar-refractivity contribution in [3.05, 3.63) is 35.9 Å². The molecular formula is C14H18N2O3. The van der Waals surface area contributed by atoms with E-state index in [2.05, 4.69) is 10.1 Å². The predicted octanol–water partition coefficient (Wildman–Crippen LogP) is 0.550. The number of methoxy groups -OCH3 is 1. The highest BCUT2D eigenvalue weighted by molar-refractivity contribution is 5.87. The number of amides is 1. The summed E-state index contributed by atoms with van der Waals surface area (Å²) in [6.07, 6.45) is 0.0840. The molecule has 19 heavy (non-hydrogen) atoms. The van der Waals surface area contributed by atoms with Crippen molar-refractivity contribution in [2.75, 3.05) is 20.2 Å². The third-order valence-corrected chi connectivity index (χ3v) is 3.20. The Morgan fingerprint density at radius 2 is 2.16 bits per heavy atom. The van der Waals surface area contributed by atoms with Gasteiger partial charge >= 0.3 is 5.97 Å². The quantitative estimate of drug-likeness (QED) is 0.805. The van der Waals surface area contributed by atoms with Crippen LogP contribution in [0.1, 0.15) is 12.0 Å². The third-order valence-electron chi connectivity index (χ3n) is 3.20. The summed E-state index contributed by atoms with van der Waals surface area (Å²) in [6, 6.07) is 9.37. The van der Waals surface area contributed by atoms with Gasteiger partial charge in [-0.1, -0.05) is 30.3 Å². The second-order valence-corrected chi connectivity index (χ2v) is 4.53. The molecule has 0 bridgehead atoms. The molecule has 1 aromatic rings. The molecule has 1 heterocycles. The number of rotatable bonds is 4. The molecule has 0 spiro atoms. The van der Waals surface area contributed by atoms with Crippen molar-refractivity contribution in [2.45, 2.75) is 19.0 Å². The lowest BCUT2D eigenvalue weighted by molar-refractivity contribution is -0.146. The van der Waals surface area contributed by atoms with Crippen LogP contribution in [-0.2, 0) is 20.9 Å². The topological polar surface area (TPSA) is 58.6 Å². The number of piperazine rings is 1. The Morgan fingerprint density at radius 3 is 2.84 bits per heavy atom. The number of hydrogen-bond acceptors (Lipinski definition) is 4. The van der Waals surface area contributed by atoms with E-state index in [-0.39, 0.29) is 18.3 Å². The molecule has 0 unspecified atom stereocenters. The minimum Gasteiger partial charge on any atom is -0.469 e. The molecule has 5 nitrogen and oxygen atoms in total. The van der Waals surface area contributed by atoms with Crippen LogP contribution in [0.4, 0.5) is 0 Å². The molecule has 0 saturated carbocycles. The molecule has 2 rings (SSSR count). The Labute approximate surface area is 112 Å². The number of nitrogens with one attached hydrogen (secondary N) is 1. The van der Waals surface area contributed by atoms with Crippen LogP contribution in [0.5, 0.6) is 0 Å². The van der Waals surface area contributed by atoms with Crippen LogP contribution in [0.25, 0.3) is 0 Å². The smallest absolute Gasteiger partial charge is 0.307 e. The number of ether oxygens (including phenoxy) is 1. The van der Waals surface area contributed by atoms with Crippen molar-refractivity contribution in [3.63, 3.8) is 0 Å². The summed E-state index contributed by atoms with van der Waals surface area (Å²) >= 11 is 0. The molecule has 1 amide bonds. The van der Waals surface area contributed by atoms with Gasteiger partial charge in [0.1, 0.15) is 0 Å². The number of carbonyl (C=O) groups excluding carboxylic acids is 2. The van der Waals surface area contributed by atoms with Crippen molar-refractivity contribution < 1.29 is 14.3 Å². The van der Waals surface area contributed by atoms with Gasteiger partial charge in [0.25, 0.3) is 0 Å². The van der Waals surface area contributed by atoms with E-state index in [1.54, 1.807) is 4.90 Å². The molecule has 1 N–H and O–H groups in total. The highest BCUT2D eigenvalue weighted by Gasteiger charge is 2.30. The fourth-order valence-corrected chi connectivity index (χ4v) is 2.16. The molecule has 1 aliphatic rings. The molecule has 0 aliphatic carbocycles. The Morgan fingerprint density at radius 1 is 1.42 bits per heavy atom. The summed E-state index contributed by atoms with van der Waals surface area (Å²) in [5.41, 5.74) is 1.09. The summed E-state index contributed by atoms with van der Waals surface area (Å²) in [5.74, 6) is -0.409. The Kier molecular flexibility index (Phi) is 4.52. The third kappa shape index (κ3) is 3.54. The summed E-state index contributed by atoms with van der Waals surface area (Å²) < 4.78 is 4.61. The monoisotopic (exact) mass is 262 g/mol. The second-order valence-electron chi connectivity index (χ2n) is 4.53. The number of hydrogen-bond donors (Lipinski definition) is 1. The number of benzene rings is 1. The average molecular weight is 262 g/mol. The maximum absolute atomic E-state index is 12.2. The first-order chi connectivity index (χ1) is 9.20. The van der Waals surface area contributed by atoms with Gasteiger partial charge in [-0.2, -0.15) is 0 Å². The zero-order chi connectivity index (χ0) is 13.7. The van der Waals surface area contributed by atoms with E-state index in [0.717, 1.165) is 5.56 Å². The summed E-state index contributed by atoms with van der Waals surface area (Å²) in [4.78, 5) is 25.3. The zero-order valence-corrected chi connectivity index (χ0v) is 11.0. The number of esters is 1. The van der Waals surface area contributed by atoms with E-state index in [1.807, 2.05) is 30.3 Å². The van der Waals surface area contributed by atoms with E-state index < -0.39 is 6.04 Å². The average Bonchev–Trinajstić information content (AvgIpc) is 2.44. The first-order valence-electron chi connectivity index (χ1n) is 6.33. The lowest BCUT2D eigenvalue weighted by Crippen LogP contribution is -2.55. The summed E-state index contributed by atoms with van der Waals surface area (Å²) in [6.45, 7) is 1.94. The number of carbonyl (C=O) groups is 2. The predicted molar refractivity (Wildman–Crippen MR) is 70.3 cm³/mol. The van der Waals surface area contributed by atoms with Crippen molar-refractivity contribution >= 4 is 11.9 Å². The molecule has 1 aliphatic heterocycles. The lowest BCUT2D eigenvalue weighted by Gasteiger charge is -2.32. The van der Waals surface area contributed by atoms with Crippen LogP contribution in [0.15, 0.2) is 30.3 Å². The molecule has 1 saturated heterocycles. The largest absolute Gasteiger partial charge is 0.469 e. The SMILES string of the molecule is COC(=O)C[C@H]1NCCN(Cc2ccccc2)C1=O. The maximum Gasteiger partial charge on any atom is 0.307 e. The van der Waals surface area contributed by atoms with Gasteiger partial charge in [-0.15, -0.1) is 0 Å². The van der Waals surface area contributed by atoms with Gasteiger partial charge < -0.3 is 15.0 Å². The normalized spacial score (nSPS) is 19.3. The molecule has 1 aromatic carbocycles. The van der Waals surface area contributed by atoms with Crippen LogP contribution in [0.2, 0.25) is 0 Å². The Bertz CT molecular complexity index is 447. The highest BCUT2D eigenvalue weighted by atomic mass is 16.5. The van der Waals surface area contributed by atoms with E-state index in [4.69, 9.17) is 0 Å². The Balaban J connectivity index is 1.98. The molecule has 1 atom stereocenters. The van der Waals surface area contributed by atoms with Gasteiger partial charge in [0, 0.05) is 19.6 Å². The highest BCUT2D eigenvalue weighted by Crippen LogP contribution is 2.10. The van der Waals surface area contributed by atoms with Crippen molar-refractivity contribution in [3.8, 4) is 0 Å². The van der Waals surface area contributed by atoms with E-state index in [0.29, 0.717) is 19.6 Å².